The number of nitrogens with two attached hydrogens (primary N) is 1. The van der Waals surface area contributed by atoms with Gasteiger partial charge in [-0.15, -0.1) is 0 Å². The van der Waals surface area contributed by atoms with E-state index in [0.29, 0.717) is 22.0 Å². The van der Waals surface area contributed by atoms with Gasteiger partial charge in [0.05, 0.1) is 16.9 Å². The normalized spacial score (nSPS) is 21.1. The maximum Gasteiger partial charge on any atom is 0.250 e. The highest BCUT2D eigenvalue weighted by Gasteiger charge is 2.36. The minimum Gasteiger partial charge on any atom is -0.366 e. The van der Waals surface area contributed by atoms with Gasteiger partial charge in [0.2, 0.25) is 0 Å². The fraction of sp³-hybridized carbons (Fsp3) is 0.444. The molecule has 0 aliphatic carbocycles. The van der Waals surface area contributed by atoms with Gasteiger partial charge in [-0.25, -0.2) is 0 Å². The van der Waals surface area contributed by atoms with Gasteiger partial charge in [-0.05, 0) is 50.0 Å². The summed E-state index contributed by atoms with van der Waals surface area (Å²) in [6.07, 6.45) is 3.38. The number of allylic oxidation sites excluding steroid dienone is 1. The number of anilines is 2. The van der Waals surface area contributed by atoms with Crippen molar-refractivity contribution in [1.82, 2.24) is 4.90 Å². The molecule has 6 nitrogen and oxygen atoms in total. The Balaban J connectivity index is 1.96. The van der Waals surface area contributed by atoms with E-state index in [0.717, 1.165) is 43.9 Å². The second kappa shape index (κ2) is 6.69. The molecule has 2 aliphatic rings. The molecule has 0 aromatic heterocycles. The summed E-state index contributed by atoms with van der Waals surface area (Å²) < 4.78 is 0. The molecule has 0 atom stereocenters. The van der Waals surface area contributed by atoms with Crippen LogP contribution >= 0.6 is 11.6 Å². The first-order valence-corrected chi connectivity index (χ1v) is 8.90. The predicted molar refractivity (Wildman–Crippen MR) is 102 cm³/mol. The number of likely N-dealkylation sites (tertiary alicyclic amines) is 1. The zero-order valence-corrected chi connectivity index (χ0v) is 15.3. The SMILES string of the molecule is CCN1CCC(C)(/C(C=N)=C2\Nc3cc(Cl)cc(C(N)=O)c3N2)CC1. The molecule has 0 spiro atoms. The van der Waals surface area contributed by atoms with Crippen LogP contribution in [0.2, 0.25) is 5.02 Å². The molecule has 3 rings (SSSR count). The first-order valence-electron chi connectivity index (χ1n) is 8.53. The Hall–Kier alpha value is -2.05. The van der Waals surface area contributed by atoms with Crippen LogP contribution in [0.1, 0.15) is 37.0 Å². The second-order valence-corrected chi connectivity index (χ2v) is 7.35. The van der Waals surface area contributed by atoms with Crippen molar-refractivity contribution < 1.29 is 4.79 Å². The van der Waals surface area contributed by atoms with E-state index >= 15 is 0 Å². The first kappa shape index (κ1) is 17.8. The third kappa shape index (κ3) is 3.24. The van der Waals surface area contributed by atoms with Gasteiger partial charge in [0, 0.05) is 16.8 Å². The fourth-order valence-electron chi connectivity index (χ4n) is 3.64. The molecule has 2 heterocycles. The third-order valence-corrected chi connectivity index (χ3v) is 5.57. The van der Waals surface area contributed by atoms with E-state index in [4.69, 9.17) is 22.7 Å². The molecule has 134 valence electrons. The number of hydrogen-bond donors (Lipinski definition) is 4. The summed E-state index contributed by atoms with van der Waals surface area (Å²) in [7, 11) is 0. The Morgan fingerprint density at radius 3 is 2.64 bits per heavy atom. The maximum atomic E-state index is 11.7. The van der Waals surface area contributed by atoms with Crippen LogP contribution in [0.15, 0.2) is 23.5 Å². The molecule has 0 bridgehead atoms. The lowest BCUT2D eigenvalue weighted by molar-refractivity contribution is 0.100. The van der Waals surface area contributed by atoms with Crippen molar-refractivity contribution in [1.29, 1.82) is 5.41 Å². The Morgan fingerprint density at radius 2 is 2.08 bits per heavy atom. The van der Waals surface area contributed by atoms with E-state index in [1.807, 2.05) is 0 Å². The molecule has 1 fully saturated rings. The van der Waals surface area contributed by atoms with Crippen molar-refractivity contribution in [2.45, 2.75) is 26.7 Å². The number of hydrogen-bond acceptors (Lipinski definition) is 5. The minimum atomic E-state index is -0.534. The van der Waals surface area contributed by atoms with E-state index in [9.17, 15) is 4.79 Å². The average molecular weight is 362 g/mol. The van der Waals surface area contributed by atoms with Crippen LogP contribution in [0, 0.1) is 10.8 Å². The fourth-order valence-corrected chi connectivity index (χ4v) is 3.86. The molecule has 7 heteroatoms. The van der Waals surface area contributed by atoms with Gasteiger partial charge in [0.25, 0.3) is 5.91 Å². The zero-order valence-electron chi connectivity index (χ0n) is 14.6. The summed E-state index contributed by atoms with van der Waals surface area (Å²) in [5, 5.41) is 15.0. The van der Waals surface area contributed by atoms with Gasteiger partial charge >= 0.3 is 0 Å². The van der Waals surface area contributed by atoms with Gasteiger partial charge in [-0.1, -0.05) is 25.4 Å². The molecule has 1 saturated heterocycles. The number of primary amides is 1. The minimum absolute atomic E-state index is 0.0958. The summed E-state index contributed by atoms with van der Waals surface area (Å²) in [6, 6.07) is 3.32. The number of rotatable bonds is 4. The summed E-state index contributed by atoms with van der Waals surface area (Å²) in [5.41, 5.74) is 7.98. The Bertz CT molecular complexity index is 750. The maximum absolute atomic E-state index is 11.7. The van der Waals surface area contributed by atoms with Crippen LogP contribution < -0.4 is 16.4 Å². The van der Waals surface area contributed by atoms with Crippen molar-refractivity contribution in [3.05, 3.63) is 34.1 Å². The standard InChI is InChI=1S/C18H24ClN5O/c1-3-24-6-4-18(2,5-7-24)13(10-20)17-22-14-9-11(19)8-12(16(21)25)15(14)23-17/h8-10,20,22-23H,3-7H2,1-2H3,(H2,21,25)/b17-13+,20-10?. The van der Waals surface area contributed by atoms with Crippen molar-refractivity contribution >= 4 is 35.1 Å². The third-order valence-electron chi connectivity index (χ3n) is 5.35. The molecule has 0 radical (unpaired) electrons. The lowest BCUT2D eigenvalue weighted by atomic mass is 9.74. The molecule has 0 unspecified atom stereocenters. The van der Waals surface area contributed by atoms with E-state index in [-0.39, 0.29) is 5.41 Å². The molecule has 1 aromatic rings. The molecule has 1 amide bonds. The highest BCUT2D eigenvalue weighted by atomic mass is 35.5. The topological polar surface area (TPSA) is 94.2 Å². The lowest BCUT2D eigenvalue weighted by Crippen LogP contribution is -2.40. The Morgan fingerprint density at radius 1 is 1.40 bits per heavy atom. The Kier molecular flexibility index (Phi) is 4.75. The number of halogens is 1. The molecular weight excluding hydrogens is 338 g/mol. The van der Waals surface area contributed by atoms with Crippen LogP contribution in [-0.2, 0) is 0 Å². The van der Waals surface area contributed by atoms with Crippen LogP contribution in [0.5, 0.6) is 0 Å². The monoisotopic (exact) mass is 361 g/mol. The van der Waals surface area contributed by atoms with E-state index in [1.165, 1.54) is 6.21 Å². The van der Waals surface area contributed by atoms with E-state index in [1.54, 1.807) is 12.1 Å². The van der Waals surface area contributed by atoms with Crippen LogP contribution in [0.25, 0.3) is 0 Å². The predicted octanol–water partition coefficient (Wildman–Crippen LogP) is 3.26. The number of nitrogens with zero attached hydrogens (tertiary/aromatic N) is 1. The van der Waals surface area contributed by atoms with Crippen molar-refractivity contribution in [2.24, 2.45) is 11.1 Å². The van der Waals surface area contributed by atoms with Crippen LogP contribution in [0.3, 0.4) is 0 Å². The average Bonchev–Trinajstić information content (AvgIpc) is 2.98. The van der Waals surface area contributed by atoms with Gasteiger partial charge in [0.1, 0.15) is 5.82 Å². The first-order chi connectivity index (χ1) is 11.9. The molecule has 25 heavy (non-hydrogen) atoms. The van der Waals surface area contributed by atoms with E-state index in [2.05, 4.69) is 29.4 Å². The molecule has 1 aromatic carbocycles. The second-order valence-electron chi connectivity index (χ2n) is 6.92. The largest absolute Gasteiger partial charge is 0.366 e. The summed E-state index contributed by atoms with van der Waals surface area (Å²) >= 11 is 6.10. The summed E-state index contributed by atoms with van der Waals surface area (Å²) in [4.78, 5) is 14.1. The number of carbonyl (C=O) groups excluding carboxylic acids is 1. The highest BCUT2D eigenvalue weighted by molar-refractivity contribution is 6.31. The molecule has 2 aliphatic heterocycles. The molecule has 0 saturated carbocycles. The summed E-state index contributed by atoms with van der Waals surface area (Å²) in [5.74, 6) is 0.204. The van der Waals surface area contributed by atoms with Gasteiger partial charge in [0.15, 0.2) is 0 Å². The van der Waals surface area contributed by atoms with Crippen LogP contribution in [-0.4, -0.2) is 36.7 Å². The molecule has 5 N–H and O–H groups in total. The van der Waals surface area contributed by atoms with Crippen LogP contribution in [0.4, 0.5) is 11.4 Å². The lowest BCUT2D eigenvalue weighted by Gasteiger charge is -2.40. The Labute approximate surface area is 152 Å². The summed E-state index contributed by atoms with van der Waals surface area (Å²) in [6.45, 7) is 7.45. The number of carbonyl (C=O) groups is 1. The van der Waals surface area contributed by atoms with Gasteiger partial charge < -0.3 is 26.7 Å². The zero-order chi connectivity index (χ0) is 18.2. The number of nitrogens with one attached hydrogen (secondary N) is 3. The number of fused-ring (bicyclic) bond motifs is 1. The number of benzene rings is 1. The van der Waals surface area contributed by atoms with Gasteiger partial charge in [-0.3, -0.25) is 4.79 Å². The van der Waals surface area contributed by atoms with E-state index < -0.39 is 5.91 Å². The van der Waals surface area contributed by atoms with Crippen molar-refractivity contribution in [3.8, 4) is 0 Å². The van der Waals surface area contributed by atoms with Crippen molar-refractivity contribution in [3.63, 3.8) is 0 Å². The quantitative estimate of drug-likeness (QED) is 0.619. The van der Waals surface area contributed by atoms with Gasteiger partial charge in [-0.2, -0.15) is 0 Å². The number of amides is 1. The smallest absolute Gasteiger partial charge is 0.250 e. The number of piperidine rings is 1. The van der Waals surface area contributed by atoms with Crippen molar-refractivity contribution in [2.75, 3.05) is 30.3 Å². The highest BCUT2D eigenvalue weighted by Crippen LogP contribution is 2.43. The molecular formula is C18H24ClN5O.